The molecule has 0 aromatic heterocycles. The highest BCUT2D eigenvalue weighted by molar-refractivity contribution is 5.87. The summed E-state index contributed by atoms with van der Waals surface area (Å²) < 4.78 is 0. The van der Waals surface area contributed by atoms with E-state index in [9.17, 15) is 9.59 Å². The second kappa shape index (κ2) is 7.68. The summed E-state index contributed by atoms with van der Waals surface area (Å²) in [5, 5.41) is 5.62. The van der Waals surface area contributed by atoms with Gasteiger partial charge in [-0.25, -0.2) is 0 Å². The quantitative estimate of drug-likeness (QED) is 0.838. The summed E-state index contributed by atoms with van der Waals surface area (Å²) in [6.07, 6.45) is 0.436. The first-order valence-electron chi connectivity index (χ1n) is 7.04. The average Bonchev–Trinajstić information content (AvgIpc) is 2.38. The molecule has 4 heteroatoms. The molecule has 20 heavy (non-hydrogen) atoms. The molecule has 0 bridgehead atoms. The van der Waals surface area contributed by atoms with Crippen LogP contribution in [0.4, 0.5) is 0 Å². The molecule has 2 amide bonds. The van der Waals surface area contributed by atoms with Crippen molar-refractivity contribution in [3.05, 3.63) is 35.9 Å². The van der Waals surface area contributed by atoms with E-state index >= 15 is 0 Å². The van der Waals surface area contributed by atoms with Gasteiger partial charge in [-0.05, 0) is 25.3 Å². The zero-order valence-corrected chi connectivity index (χ0v) is 12.6. The van der Waals surface area contributed by atoms with Crippen molar-refractivity contribution in [3.63, 3.8) is 0 Å². The highest BCUT2D eigenvalue weighted by atomic mass is 16.2. The molecule has 0 spiro atoms. The predicted octanol–water partition coefficient (Wildman–Crippen LogP) is 2.41. The highest BCUT2D eigenvalue weighted by Crippen LogP contribution is 2.11. The lowest BCUT2D eigenvalue weighted by molar-refractivity contribution is -0.129. The van der Waals surface area contributed by atoms with Crippen LogP contribution >= 0.6 is 0 Å². The number of hydrogen-bond acceptors (Lipinski definition) is 2. The van der Waals surface area contributed by atoms with Crippen molar-refractivity contribution in [3.8, 4) is 0 Å². The maximum absolute atomic E-state index is 12.0. The van der Waals surface area contributed by atoms with Crippen molar-refractivity contribution in [1.82, 2.24) is 10.6 Å². The number of carbonyl (C=O) groups is 2. The average molecular weight is 276 g/mol. The third kappa shape index (κ3) is 5.43. The maximum Gasteiger partial charge on any atom is 0.242 e. The zero-order valence-electron chi connectivity index (χ0n) is 12.6. The Balaban J connectivity index is 2.47. The van der Waals surface area contributed by atoms with Crippen LogP contribution in [0.3, 0.4) is 0 Å². The number of rotatable bonds is 6. The molecule has 0 aliphatic carbocycles. The van der Waals surface area contributed by atoms with Crippen molar-refractivity contribution in [2.24, 2.45) is 5.92 Å². The molecule has 0 saturated heterocycles. The molecule has 0 saturated carbocycles. The summed E-state index contributed by atoms with van der Waals surface area (Å²) in [5.74, 6) is 0.0296. The van der Waals surface area contributed by atoms with E-state index in [2.05, 4.69) is 10.6 Å². The van der Waals surface area contributed by atoms with Crippen molar-refractivity contribution >= 4 is 11.8 Å². The van der Waals surface area contributed by atoms with E-state index in [1.807, 2.05) is 51.1 Å². The first-order chi connectivity index (χ1) is 9.40. The van der Waals surface area contributed by atoms with Gasteiger partial charge in [0.25, 0.3) is 0 Å². The molecule has 0 unspecified atom stereocenters. The third-order valence-corrected chi connectivity index (χ3v) is 3.02. The Morgan fingerprint density at radius 1 is 1.00 bits per heavy atom. The number of carbonyl (C=O) groups excluding carboxylic acids is 2. The van der Waals surface area contributed by atoms with Crippen LogP contribution in [0.25, 0.3) is 0 Å². The Kier molecular flexibility index (Phi) is 6.22. The smallest absolute Gasteiger partial charge is 0.242 e. The predicted molar refractivity (Wildman–Crippen MR) is 80.1 cm³/mol. The summed E-state index contributed by atoms with van der Waals surface area (Å²) in [7, 11) is 0. The van der Waals surface area contributed by atoms with Gasteiger partial charge in [-0.2, -0.15) is 0 Å². The standard InChI is InChI=1S/C16H24N2O2/c1-11(2)10-15(19)17-13(4)16(20)18-12(3)14-8-6-5-7-9-14/h5-9,11-13H,10H2,1-4H3,(H,17,19)(H,18,20)/t12-,13+/m0/s1. The lowest BCUT2D eigenvalue weighted by Crippen LogP contribution is -2.45. The van der Waals surface area contributed by atoms with Gasteiger partial charge in [0.15, 0.2) is 0 Å². The van der Waals surface area contributed by atoms with E-state index in [-0.39, 0.29) is 23.8 Å². The van der Waals surface area contributed by atoms with E-state index in [0.717, 1.165) is 5.56 Å². The van der Waals surface area contributed by atoms with Crippen LogP contribution in [0.1, 0.15) is 45.7 Å². The topological polar surface area (TPSA) is 58.2 Å². The maximum atomic E-state index is 12.0. The molecular weight excluding hydrogens is 252 g/mol. The van der Waals surface area contributed by atoms with E-state index in [1.54, 1.807) is 6.92 Å². The van der Waals surface area contributed by atoms with Crippen LogP contribution in [0.2, 0.25) is 0 Å². The lowest BCUT2D eigenvalue weighted by atomic mass is 10.1. The molecule has 0 heterocycles. The SMILES string of the molecule is CC(C)CC(=O)N[C@H](C)C(=O)N[C@@H](C)c1ccccc1. The minimum absolute atomic E-state index is 0.0758. The molecule has 0 aliphatic heterocycles. The zero-order chi connectivity index (χ0) is 15.1. The van der Waals surface area contributed by atoms with Crippen LogP contribution in [0, 0.1) is 5.92 Å². The van der Waals surface area contributed by atoms with Gasteiger partial charge in [0, 0.05) is 6.42 Å². The Bertz CT molecular complexity index is 443. The number of amides is 2. The highest BCUT2D eigenvalue weighted by Gasteiger charge is 2.18. The summed E-state index contributed by atoms with van der Waals surface area (Å²) in [6.45, 7) is 7.57. The Hall–Kier alpha value is -1.84. The Morgan fingerprint density at radius 2 is 1.60 bits per heavy atom. The van der Waals surface area contributed by atoms with Crippen LogP contribution in [-0.4, -0.2) is 17.9 Å². The normalized spacial score (nSPS) is 13.7. The van der Waals surface area contributed by atoms with Crippen LogP contribution in [0.5, 0.6) is 0 Å². The second-order valence-corrected chi connectivity index (χ2v) is 5.53. The fraction of sp³-hybridized carbons (Fsp3) is 0.500. The van der Waals surface area contributed by atoms with Crippen molar-refractivity contribution in [1.29, 1.82) is 0 Å². The minimum atomic E-state index is -0.521. The molecular formula is C16H24N2O2. The molecule has 0 radical (unpaired) electrons. The van der Waals surface area contributed by atoms with Gasteiger partial charge in [0.05, 0.1) is 6.04 Å². The molecule has 2 atom stereocenters. The minimum Gasteiger partial charge on any atom is -0.348 e. The summed E-state index contributed by atoms with van der Waals surface area (Å²) in [4.78, 5) is 23.7. The molecule has 110 valence electrons. The van der Waals surface area contributed by atoms with Gasteiger partial charge >= 0.3 is 0 Å². The molecule has 1 aromatic rings. The number of benzene rings is 1. The largest absolute Gasteiger partial charge is 0.348 e. The monoisotopic (exact) mass is 276 g/mol. The van der Waals surface area contributed by atoms with E-state index in [0.29, 0.717) is 6.42 Å². The number of hydrogen-bond donors (Lipinski definition) is 2. The van der Waals surface area contributed by atoms with E-state index in [1.165, 1.54) is 0 Å². The van der Waals surface area contributed by atoms with Gasteiger partial charge in [-0.1, -0.05) is 44.2 Å². The Labute approximate surface area is 121 Å². The molecule has 1 rings (SSSR count). The Morgan fingerprint density at radius 3 is 2.15 bits per heavy atom. The van der Waals surface area contributed by atoms with E-state index < -0.39 is 6.04 Å². The summed E-state index contributed by atoms with van der Waals surface area (Å²) in [5.41, 5.74) is 1.04. The van der Waals surface area contributed by atoms with Crippen LogP contribution in [0.15, 0.2) is 30.3 Å². The second-order valence-electron chi connectivity index (χ2n) is 5.53. The molecule has 0 aliphatic rings. The van der Waals surface area contributed by atoms with Gasteiger partial charge in [0.1, 0.15) is 6.04 Å². The molecule has 4 nitrogen and oxygen atoms in total. The van der Waals surface area contributed by atoms with Gasteiger partial charge in [-0.3, -0.25) is 9.59 Å². The first-order valence-corrected chi connectivity index (χ1v) is 7.04. The van der Waals surface area contributed by atoms with E-state index in [4.69, 9.17) is 0 Å². The van der Waals surface area contributed by atoms with Crippen molar-refractivity contribution < 1.29 is 9.59 Å². The van der Waals surface area contributed by atoms with Crippen LogP contribution in [-0.2, 0) is 9.59 Å². The number of nitrogens with one attached hydrogen (secondary N) is 2. The molecule has 0 fully saturated rings. The van der Waals surface area contributed by atoms with Crippen LogP contribution < -0.4 is 10.6 Å². The molecule has 2 N–H and O–H groups in total. The van der Waals surface area contributed by atoms with Gasteiger partial charge in [0.2, 0.25) is 11.8 Å². The van der Waals surface area contributed by atoms with Gasteiger partial charge in [-0.15, -0.1) is 0 Å². The third-order valence-electron chi connectivity index (χ3n) is 3.02. The van der Waals surface area contributed by atoms with Crippen molar-refractivity contribution in [2.45, 2.75) is 46.2 Å². The summed E-state index contributed by atoms with van der Waals surface area (Å²) in [6, 6.07) is 9.14. The van der Waals surface area contributed by atoms with Gasteiger partial charge < -0.3 is 10.6 Å². The fourth-order valence-electron chi connectivity index (χ4n) is 1.90. The lowest BCUT2D eigenvalue weighted by Gasteiger charge is -2.19. The first kappa shape index (κ1) is 16.2. The fourth-order valence-corrected chi connectivity index (χ4v) is 1.90. The molecule has 1 aromatic carbocycles. The summed E-state index contributed by atoms with van der Waals surface area (Å²) >= 11 is 0. The van der Waals surface area contributed by atoms with Crippen molar-refractivity contribution in [2.75, 3.05) is 0 Å².